The highest BCUT2D eigenvalue weighted by Crippen LogP contribution is 2.43. The monoisotopic (exact) mass is 1270 g/mol. The molecule has 0 aromatic carbocycles. The molecular weight excluding hydrogens is 1120 g/mol. The standard InChI is InChI=1S/C79H148NO8P/c1-6-8-10-12-14-16-18-20-22-24-26-28-30-32-34-36-38-40-42-44-46-48-50-52-54-56-58-60-62-64-66-68-70-72-79(82)88-77(76-87-89(83,84)86-74-73-80(3,4)5)75-85-78(81)71-69-67-65-63-61-59-57-55-53-51-49-47-45-43-41-39-37-35-33-31-29-27-25-23-21-19-17-15-13-11-9-7-2/h8,10,14,16,20,22,26,28,32,34,77H,6-7,9,11-13,15,17-19,21,23-25,27,29-31,33,35-76H2,1-5H3/p+1/b10-8-,16-14-,22-20-,28-26-,34-32-. The van der Waals surface area contributed by atoms with Gasteiger partial charge in [0.1, 0.15) is 19.8 Å². The van der Waals surface area contributed by atoms with Crippen LogP contribution in [0, 0.1) is 0 Å². The zero-order chi connectivity index (χ0) is 64.8. The molecule has 0 aliphatic carbocycles. The molecule has 10 heteroatoms. The topological polar surface area (TPSA) is 108 Å². The molecule has 0 rings (SSSR count). The largest absolute Gasteiger partial charge is 0.472 e. The SMILES string of the molecule is CC/C=C\C/C=C\C/C=C\C/C=C\C/C=C\CCCCCCCCCCCCCCCCCCCC(=O)OC(COC(=O)CCCCCCCCCCCCCCCCCCCCCCCCCCCCCCCCCC)COP(=O)(O)OCC[N+](C)(C)C. The molecular formula is C79H149NO8P+. The number of likely N-dealkylation sites (N-methyl/N-ethyl adjacent to an activating group) is 1. The number of nitrogens with zero attached hydrogens (tertiary/aromatic N) is 1. The van der Waals surface area contributed by atoms with Gasteiger partial charge < -0.3 is 18.9 Å². The molecule has 2 unspecified atom stereocenters. The van der Waals surface area contributed by atoms with Crippen LogP contribution in [0.5, 0.6) is 0 Å². The van der Waals surface area contributed by atoms with E-state index in [-0.39, 0.29) is 25.6 Å². The Kier molecular flexibility index (Phi) is 68.2. The van der Waals surface area contributed by atoms with Crippen molar-refractivity contribution in [2.75, 3.05) is 47.5 Å². The van der Waals surface area contributed by atoms with Crippen molar-refractivity contribution < 1.29 is 42.1 Å². The van der Waals surface area contributed by atoms with Gasteiger partial charge in [-0.05, 0) is 57.8 Å². The number of hydrogen-bond donors (Lipinski definition) is 1. The van der Waals surface area contributed by atoms with Gasteiger partial charge in [-0.1, -0.05) is 370 Å². The molecule has 0 bridgehead atoms. The highest BCUT2D eigenvalue weighted by Gasteiger charge is 2.27. The predicted octanol–water partition coefficient (Wildman–Crippen LogP) is 25.3. The average molecular weight is 1270 g/mol. The number of carbonyl (C=O) groups is 2. The van der Waals surface area contributed by atoms with E-state index >= 15 is 0 Å². The summed E-state index contributed by atoms with van der Waals surface area (Å²) in [6.45, 7) is 4.39. The lowest BCUT2D eigenvalue weighted by Gasteiger charge is -2.24. The van der Waals surface area contributed by atoms with Crippen LogP contribution in [0.2, 0.25) is 0 Å². The number of allylic oxidation sites excluding steroid dienone is 10. The second kappa shape index (κ2) is 70.0. The minimum atomic E-state index is -4.39. The number of phosphoric ester groups is 1. The van der Waals surface area contributed by atoms with Gasteiger partial charge in [-0.2, -0.15) is 0 Å². The Balaban J connectivity index is 3.95. The molecule has 0 radical (unpaired) electrons. The number of esters is 2. The summed E-state index contributed by atoms with van der Waals surface area (Å²) in [6, 6.07) is 0. The van der Waals surface area contributed by atoms with E-state index in [9.17, 15) is 19.0 Å². The van der Waals surface area contributed by atoms with Crippen molar-refractivity contribution in [1.29, 1.82) is 0 Å². The van der Waals surface area contributed by atoms with E-state index in [4.69, 9.17) is 18.5 Å². The maximum Gasteiger partial charge on any atom is 0.472 e. The summed E-state index contributed by atoms with van der Waals surface area (Å²) in [5.41, 5.74) is 0. The highest BCUT2D eigenvalue weighted by molar-refractivity contribution is 7.47. The van der Waals surface area contributed by atoms with Crippen LogP contribution in [-0.4, -0.2) is 74.9 Å². The van der Waals surface area contributed by atoms with Gasteiger partial charge in [-0.25, -0.2) is 4.57 Å². The van der Waals surface area contributed by atoms with E-state index in [1.54, 1.807) is 0 Å². The van der Waals surface area contributed by atoms with E-state index in [1.807, 2.05) is 21.1 Å². The van der Waals surface area contributed by atoms with Crippen molar-refractivity contribution in [3.8, 4) is 0 Å². The van der Waals surface area contributed by atoms with Crippen molar-refractivity contribution in [3.05, 3.63) is 60.8 Å². The third kappa shape index (κ3) is 74.6. The summed E-state index contributed by atoms with van der Waals surface area (Å²) in [6.07, 6.45) is 93.6. The number of phosphoric acid groups is 1. The molecule has 0 saturated carbocycles. The van der Waals surface area contributed by atoms with Crippen LogP contribution in [0.3, 0.4) is 0 Å². The Morgan fingerprint density at radius 3 is 0.955 bits per heavy atom. The molecule has 1 N–H and O–H groups in total. The number of carbonyl (C=O) groups excluding carboxylic acids is 2. The van der Waals surface area contributed by atoms with Crippen LogP contribution in [0.15, 0.2) is 60.8 Å². The Morgan fingerprint density at radius 2 is 0.640 bits per heavy atom. The van der Waals surface area contributed by atoms with E-state index in [1.165, 1.54) is 283 Å². The first kappa shape index (κ1) is 86.7. The Morgan fingerprint density at radius 1 is 0.360 bits per heavy atom. The first-order valence-electron chi connectivity index (χ1n) is 38.5. The number of rotatable bonds is 72. The Bertz CT molecular complexity index is 1690. The van der Waals surface area contributed by atoms with Gasteiger partial charge in [-0.3, -0.25) is 18.6 Å². The van der Waals surface area contributed by atoms with E-state index in [2.05, 4.69) is 74.6 Å². The summed E-state index contributed by atoms with van der Waals surface area (Å²) in [5.74, 6) is -0.776. The fraction of sp³-hybridized carbons (Fsp3) is 0.848. The molecule has 0 amide bonds. The summed E-state index contributed by atoms with van der Waals surface area (Å²) >= 11 is 0. The van der Waals surface area contributed by atoms with Crippen LogP contribution in [0.1, 0.15) is 380 Å². The third-order valence-electron chi connectivity index (χ3n) is 17.3. The van der Waals surface area contributed by atoms with E-state index in [0.29, 0.717) is 23.9 Å². The molecule has 9 nitrogen and oxygen atoms in total. The van der Waals surface area contributed by atoms with Crippen molar-refractivity contribution >= 4 is 19.8 Å². The molecule has 0 aromatic rings. The second-order valence-electron chi connectivity index (χ2n) is 27.4. The summed E-state index contributed by atoms with van der Waals surface area (Å²) in [7, 11) is 1.50. The first-order valence-corrected chi connectivity index (χ1v) is 40.0. The normalized spacial score (nSPS) is 13.4. The number of hydrogen-bond acceptors (Lipinski definition) is 7. The van der Waals surface area contributed by atoms with Crippen molar-refractivity contribution in [3.63, 3.8) is 0 Å². The average Bonchev–Trinajstić information content (AvgIpc) is 3.60. The summed E-state index contributed by atoms with van der Waals surface area (Å²) in [4.78, 5) is 36.0. The van der Waals surface area contributed by atoms with Gasteiger partial charge in [0.25, 0.3) is 0 Å². The number of unbranched alkanes of at least 4 members (excludes halogenated alkanes) is 48. The summed E-state index contributed by atoms with van der Waals surface area (Å²) in [5, 5.41) is 0. The first-order chi connectivity index (χ1) is 43.5. The van der Waals surface area contributed by atoms with Crippen LogP contribution in [0.4, 0.5) is 0 Å². The van der Waals surface area contributed by atoms with Gasteiger partial charge in [0.15, 0.2) is 6.10 Å². The van der Waals surface area contributed by atoms with Gasteiger partial charge >= 0.3 is 19.8 Å². The molecule has 2 atom stereocenters. The lowest BCUT2D eigenvalue weighted by atomic mass is 10.0. The Hall–Kier alpha value is -2.29. The van der Waals surface area contributed by atoms with E-state index in [0.717, 1.165) is 64.2 Å². The number of quaternary nitrogens is 1. The van der Waals surface area contributed by atoms with Crippen LogP contribution in [0.25, 0.3) is 0 Å². The second-order valence-corrected chi connectivity index (χ2v) is 28.8. The molecule has 0 spiro atoms. The fourth-order valence-electron chi connectivity index (χ4n) is 11.5. The number of ether oxygens (including phenoxy) is 2. The van der Waals surface area contributed by atoms with Gasteiger partial charge in [0.2, 0.25) is 0 Å². The molecule has 0 aliphatic heterocycles. The van der Waals surface area contributed by atoms with Gasteiger partial charge in [-0.15, -0.1) is 0 Å². The molecule has 0 saturated heterocycles. The molecule has 522 valence electrons. The van der Waals surface area contributed by atoms with Crippen molar-refractivity contribution in [2.45, 2.75) is 386 Å². The maximum absolute atomic E-state index is 12.9. The van der Waals surface area contributed by atoms with Crippen LogP contribution in [-0.2, 0) is 32.7 Å². The van der Waals surface area contributed by atoms with Crippen molar-refractivity contribution in [2.24, 2.45) is 0 Å². The van der Waals surface area contributed by atoms with Crippen molar-refractivity contribution in [1.82, 2.24) is 0 Å². The molecule has 89 heavy (non-hydrogen) atoms. The molecule has 0 fully saturated rings. The van der Waals surface area contributed by atoms with Crippen LogP contribution >= 0.6 is 7.82 Å². The zero-order valence-electron chi connectivity index (χ0n) is 59.7. The summed E-state index contributed by atoms with van der Waals surface area (Å²) < 4.78 is 34.8. The zero-order valence-corrected chi connectivity index (χ0v) is 60.6. The Labute approximate surface area is 553 Å². The third-order valence-corrected chi connectivity index (χ3v) is 18.3. The molecule has 0 heterocycles. The quantitative estimate of drug-likeness (QED) is 0.0211. The fourth-order valence-corrected chi connectivity index (χ4v) is 12.2. The smallest absolute Gasteiger partial charge is 0.462 e. The highest BCUT2D eigenvalue weighted by atomic mass is 31.2. The van der Waals surface area contributed by atoms with Crippen LogP contribution < -0.4 is 0 Å². The molecule has 0 aliphatic rings. The van der Waals surface area contributed by atoms with Gasteiger partial charge in [0.05, 0.1) is 27.7 Å². The maximum atomic E-state index is 12.9. The lowest BCUT2D eigenvalue weighted by Crippen LogP contribution is -2.37. The predicted molar refractivity (Wildman–Crippen MR) is 386 cm³/mol. The minimum Gasteiger partial charge on any atom is -0.462 e. The van der Waals surface area contributed by atoms with E-state index < -0.39 is 26.5 Å². The minimum absolute atomic E-state index is 0.0335. The lowest BCUT2D eigenvalue weighted by molar-refractivity contribution is -0.870. The molecule has 0 aromatic heterocycles. The van der Waals surface area contributed by atoms with Gasteiger partial charge in [0, 0.05) is 12.8 Å².